The van der Waals surface area contributed by atoms with E-state index in [0.717, 1.165) is 31.7 Å². The second-order valence-electron chi connectivity index (χ2n) is 17.6. The molecule has 0 saturated heterocycles. The average Bonchev–Trinajstić information content (AvgIpc) is 3.80. The lowest BCUT2D eigenvalue weighted by molar-refractivity contribution is 1.13. The van der Waals surface area contributed by atoms with Gasteiger partial charge in [0.05, 0.1) is 11.4 Å². The molecule has 0 fully saturated rings. The van der Waals surface area contributed by atoms with Crippen molar-refractivity contribution in [2.45, 2.75) is 39.2 Å². The minimum absolute atomic E-state index is 0.160. The van der Waals surface area contributed by atoms with Crippen molar-refractivity contribution in [1.29, 1.82) is 0 Å². The van der Waals surface area contributed by atoms with E-state index < -0.39 is 20.1 Å². The first-order valence-electron chi connectivity index (χ1n) is 23.3. The van der Waals surface area contributed by atoms with Crippen molar-refractivity contribution in [3.8, 4) is 5.69 Å². The SMILES string of the molecule is [B]c1c([B])c([B])c2c(c1[B])c1c([B])c(N3c4ccccc4S(c4ccccc4)(c4ccccc4)c4ccccc43)c([B])c([B])c1n2-c1cccc(S(c2ccccc2)(c2ccccc2)c2ccccc2)c1. The Balaban J connectivity index is 1.18. The molecule has 1 aromatic heterocycles. The topological polar surface area (TPSA) is 8.17 Å². The predicted octanol–water partition coefficient (Wildman–Crippen LogP) is 8.81. The van der Waals surface area contributed by atoms with E-state index >= 15 is 0 Å². The van der Waals surface area contributed by atoms with Crippen LogP contribution in [0.4, 0.5) is 17.1 Å². The molecule has 11 aromatic rings. The van der Waals surface area contributed by atoms with Crippen LogP contribution in [0.2, 0.25) is 0 Å². The van der Waals surface area contributed by atoms with Crippen LogP contribution >= 0.6 is 20.1 Å². The van der Waals surface area contributed by atoms with Crippen molar-refractivity contribution in [3.63, 3.8) is 0 Å². The Kier molecular flexibility index (Phi) is 11.2. The van der Waals surface area contributed by atoms with Crippen LogP contribution in [0.3, 0.4) is 0 Å². The van der Waals surface area contributed by atoms with Gasteiger partial charge in [0.2, 0.25) is 0 Å². The number of benzene rings is 10. The lowest BCUT2D eigenvalue weighted by atomic mass is 9.64. The first-order chi connectivity index (χ1) is 34.7. The van der Waals surface area contributed by atoms with Gasteiger partial charge in [0.25, 0.3) is 0 Å². The van der Waals surface area contributed by atoms with E-state index in [4.69, 9.17) is 54.9 Å². The smallest absolute Gasteiger partial charge is 0.117 e. The summed E-state index contributed by atoms with van der Waals surface area (Å²) in [5.74, 6) is 0. The number of fused-ring (bicyclic) bond motifs is 5. The van der Waals surface area contributed by atoms with Crippen molar-refractivity contribution < 1.29 is 0 Å². The molecule has 0 N–H and O–H groups in total. The standard InChI is InChI=1S/C60H37B7N2S2/c61-51-49-50-52(62)60(69-45-33-16-18-35-47(45)71(42-28-12-4-13-29-42,43-30-14-5-15-31-43)48-36-19-17-34-46(48)69)57(67)56(66)59(50)68(58(49)55(65)54(64)53(51)63)38-21-20-32-44(37-38)70(39-22-6-1-7-23-39,40-24-8-2-9-25-40)41-26-10-3-11-27-41/h1-37H. The van der Waals surface area contributed by atoms with Crippen LogP contribution in [0.1, 0.15) is 0 Å². The van der Waals surface area contributed by atoms with Gasteiger partial charge in [-0.15, -0.1) is 31.0 Å². The molecule has 12 rings (SSSR count). The molecule has 0 amide bonds. The summed E-state index contributed by atoms with van der Waals surface area (Å²) in [6.07, 6.45) is 0. The summed E-state index contributed by atoms with van der Waals surface area (Å²) in [5, 5.41) is 1.08. The van der Waals surface area contributed by atoms with E-state index in [9.17, 15) is 0 Å². The van der Waals surface area contributed by atoms with Gasteiger partial charge in [0.1, 0.15) is 54.9 Å². The van der Waals surface area contributed by atoms with Crippen LogP contribution in [0, 0.1) is 0 Å². The van der Waals surface area contributed by atoms with Crippen LogP contribution < -0.4 is 43.1 Å². The predicted molar refractivity (Wildman–Crippen MR) is 307 cm³/mol. The quantitative estimate of drug-likeness (QED) is 0.139. The molecule has 10 aromatic carbocycles. The minimum Gasteiger partial charge on any atom is -0.310 e. The van der Waals surface area contributed by atoms with Crippen LogP contribution in [0.5, 0.6) is 0 Å². The number of para-hydroxylation sites is 2. The maximum atomic E-state index is 7.77. The van der Waals surface area contributed by atoms with Gasteiger partial charge in [-0.2, -0.15) is 0 Å². The fourth-order valence-corrected chi connectivity index (χ4v) is 18.9. The molecular formula is C60H37B7N2S2. The lowest BCUT2D eigenvalue weighted by Gasteiger charge is -2.50. The van der Waals surface area contributed by atoms with Gasteiger partial charge in [0, 0.05) is 67.0 Å². The van der Waals surface area contributed by atoms with E-state index in [1.54, 1.807) is 0 Å². The van der Waals surface area contributed by atoms with Crippen molar-refractivity contribution in [1.82, 2.24) is 4.57 Å². The first kappa shape index (κ1) is 45.1. The van der Waals surface area contributed by atoms with Gasteiger partial charge in [-0.25, -0.2) is 0 Å². The minimum atomic E-state index is -2.12. The normalized spacial score (nSPS) is 13.7. The molecular weight excluding hydrogens is 888 g/mol. The maximum absolute atomic E-state index is 7.77. The molecule has 0 atom stereocenters. The Morgan fingerprint density at radius 2 is 0.704 bits per heavy atom. The summed E-state index contributed by atoms with van der Waals surface area (Å²) in [7, 11) is 46.6. The van der Waals surface area contributed by atoms with Crippen LogP contribution in [-0.4, -0.2) is 59.5 Å². The molecule has 0 saturated carbocycles. The molecule has 0 bridgehead atoms. The fraction of sp³-hybridized carbons (Fsp3) is 0. The number of hydrogen-bond acceptors (Lipinski definition) is 1. The zero-order chi connectivity index (χ0) is 48.6. The molecule has 0 spiro atoms. The highest BCUT2D eigenvalue weighted by atomic mass is 32.3. The Hall–Kier alpha value is -7.05. The molecule has 320 valence electrons. The molecule has 1 aliphatic rings. The van der Waals surface area contributed by atoms with Gasteiger partial charge < -0.3 is 9.47 Å². The Labute approximate surface area is 428 Å². The highest BCUT2D eigenvalue weighted by Gasteiger charge is 2.43. The number of rotatable bonds is 8. The van der Waals surface area contributed by atoms with Crippen LogP contribution in [-0.2, 0) is 0 Å². The second kappa shape index (κ2) is 17.7. The molecule has 1 aliphatic heterocycles. The van der Waals surface area contributed by atoms with Gasteiger partial charge in [-0.3, -0.25) is 0 Å². The Morgan fingerprint density at radius 1 is 0.324 bits per heavy atom. The zero-order valence-electron chi connectivity index (χ0n) is 38.6. The van der Waals surface area contributed by atoms with Gasteiger partial charge in [0.15, 0.2) is 0 Å². The van der Waals surface area contributed by atoms with Crippen molar-refractivity contribution in [2.75, 3.05) is 4.90 Å². The summed E-state index contributed by atoms with van der Waals surface area (Å²) in [5.41, 5.74) is 5.90. The maximum Gasteiger partial charge on any atom is 0.117 e. The van der Waals surface area contributed by atoms with E-state index in [0.29, 0.717) is 38.4 Å². The number of aromatic nitrogens is 1. The largest absolute Gasteiger partial charge is 0.310 e. The zero-order valence-corrected chi connectivity index (χ0v) is 40.2. The number of anilines is 3. The van der Waals surface area contributed by atoms with Crippen LogP contribution in [0.15, 0.2) is 264 Å². The summed E-state index contributed by atoms with van der Waals surface area (Å²) in [4.78, 5) is 11.4. The Morgan fingerprint density at radius 3 is 1.18 bits per heavy atom. The molecule has 0 unspecified atom stereocenters. The lowest BCUT2D eigenvalue weighted by Crippen LogP contribution is -2.48. The second-order valence-corrected chi connectivity index (χ2v) is 23.7. The summed E-state index contributed by atoms with van der Waals surface area (Å²) >= 11 is 0. The third kappa shape index (κ3) is 6.55. The van der Waals surface area contributed by atoms with Crippen molar-refractivity contribution in [3.05, 3.63) is 224 Å². The molecule has 2 nitrogen and oxygen atoms in total. The third-order valence-corrected chi connectivity index (χ3v) is 21.8. The summed E-state index contributed by atoms with van der Waals surface area (Å²) < 4.78 is 2.02. The molecule has 11 heteroatoms. The van der Waals surface area contributed by atoms with Gasteiger partial charge in [-0.05, 0) is 109 Å². The van der Waals surface area contributed by atoms with Gasteiger partial charge in [-0.1, -0.05) is 149 Å². The van der Waals surface area contributed by atoms with E-state index in [1.807, 2.05) is 10.6 Å². The first-order valence-corrected chi connectivity index (χ1v) is 26.5. The monoisotopic (exact) mass is 926 g/mol. The summed E-state index contributed by atoms with van der Waals surface area (Å²) in [6.45, 7) is 0. The van der Waals surface area contributed by atoms with Crippen molar-refractivity contribution >= 4 is 152 Å². The highest BCUT2D eigenvalue weighted by Crippen LogP contribution is 2.79. The molecule has 71 heavy (non-hydrogen) atoms. The number of nitrogens with zero attached hydrogens (tertiary/aromatic N) is 2. The van der Waals surface area contributed by atoms with Crippen molar-refractivity contribution in [2.24, 2.45) is 0 Å². The van der Waals surface area contributed by atoms with E-state index in [2.05, 4.69) is 223 Å². The molecule has 14 radical (unpaired) electrons. The average molecular weight is 926 g/mol. The summed E-state index contributed by atoms with van der Waals surface area (Å²) in [6, 6.07) is 79.2. The van der Waals surface area contributed by atoms with Gasteiger partial charge >= 0.3 is 0 Å². The Bertz CT molecular complexity index is 3670. The van der Waals surface area contributed by atoms with E-state index in [-0.39, 0.29) is 27.3 Å². The molecule has 0 aliphatic carbocycles. The number of hydrogen-bond donors (Lipinski definition) is 0. The third-order valence-electron chi connectivity index (χ3n) is 13.9. The van der Waals surface area contributed by atoms with E-state index in [1.165, 1.54) is 24.5 Å². The van der Waals surface area contributed by atoms with Crippen LogP contribution in [0.25, 0.3) is 27.5 Å². The highest BCUT2D eigenvalue weighted by molar-refractivity contribution is 8.34. The molecule has 2 heterocycles. The fourth-order valence-electron chi connectivity index (χ4n) is 10.9.